The molecule has 4 aromatic carbocycles. The minimum Gasteiger partial charge on any atom is -0.455 e. The highest BCUT2D eigenvalue weighted by molar-refractivity contribution is 7.92. The highest BCUT2D eigenvalue weighted by Crippen LogP contribution is 2.36. The Balaban J connectivity index is 1.80. The largest absolute Gasteiger partial charge is 0.455 e. The first-order chi connectivity index (χ1) is 14.9. The van der Waals surface area contributed by atoms with E-state index in [0.29, 0.717) is 0 Å². The smallest absolute Gasteiger partial charge is 0.210 e. The maximum Gasteiger partial charge on any atom is 0.210 e. The zero-order valence-corrected chi connectivity index (χ0v) is 17.7. The SMILES string of the molecule is O=S(=O)(c1[c]cccc1)c1ccccc1Oc1ccccc1S(=O)(=O)c1[c]cccc1. The third-order valence-corrected chi connectivity index (χ3v) is 7.94. The van der Waals surface area contributed by atoms with Gasteiger partial charge in [0.2, 0.25) is 19.7 Å². The Labute approximate surface area is 181 Å². The van der Waals surface area contributed by atoms with E-state index in [0.717, 1.165) is 0 Å². The molecular weight excluding hydrogens is 432 g/mol. The molecule has 0 unspecified atom stereocenters. The Hall–Kier alpha value is -3.42. The molecule has 0 atom stereocenters. The van der Waals surface area contributed by atoms with Crippen molar-refractivity contribution in [1.29, 1.82) is 0 Å². The van der Waals surface area contributed by atoms with Gasteiger partial charge in [-0.25, -0.2) is 16.8 Å². The lowest BCUT2D eigenvalue weighted by atomic mass is 10.3. The monoisotopic (exact) mass is 448 g/mol. The van der Waals surface area contributed by atoms with Crippen LogP contribution < -0.4 is 4.74 Å². The molecule has 0 amide bonds. The molecule has 0 bridgehead atoms. The minimum absolute atomic E-state index is 0.00848. The molecule has 0 heterocycles. The molecule has 4 aromatic rings. The van der Waals surface area contributed by atoms with Crippen LogP contribution in [0.3, 0.4) is 0 Å². The van der Waals surface area contributed by atoms with Crippen LogP contribution in [0.5, 0.6) is 11.5 Å². The van der Waals surface area contributed by atoms with Gasteiger partial charge in [-0.1, -0.05) is 60.7 Å². The summed E-state index contributed by atoms with van der Waals surface area (Å²) < 4.78 is 58.3. The van der Waals surface area contributed by atoms with Crippen molar-refractivity contribution in [3.05, 3.63) is 109 Å². The molecule has 0 aliphatic carbocycles. The van der Waals surface area contributed by atoms with Gasteiger partial charge < -0.3 is 4.74 Å². The number of sulfone groups is 2. The van der Waals surface area contributed by atoms with Crippen molar-refractivity contribution in [2.45, 2.75) is 19.6 Å². The van der Waals surface area contributed by atoms with Crippen LogP contribution >= 0.6 is 0 Å². The summed E-state index contributed by atoms with van der Waals surface area (Å²) in [4.78, 5) is -0.191. The van der Waals surface area contributed by atoms with Crippen LogP contribution in [0.15, 0.2) is 117 Å². The molecule has 0 aliphatic rings. The van der Waals surface area contributed by atoms with Gasteiger partial charge in [-0.3, -0.25) is 0 Å². The van der Waals surface area contributed by atoms with E-state index >= 15 is 0 Å². The van der Waals surface area contributed by atoms with Crippen molar-refractivity contribution in [3.63, 3.8) is 0 Å². The van der Waals surface area contributed by atoms with Crippen LogP contribution in [0.25, 0.3) is 0 Å². The predicted molar refractivity (Wildman–Crippen MR) is 114 cm³/mol. The average molecular weight is 449 g/mol. The van der Waals surface area contributed by atoms with E-state index < -0.39 is 19.7 Å². The van der Waals surface area contributed by atoms with Crippen molar-refractivity contribution in [2.24, 2.45) is 0 Å². The van der Waals surface area contributed by atoms with E-state index in [9.17, 15) is 16.8 Å². The quantitative estimate of drug-likeness (QED) is 0.426. The summed E-state index contributed by atoms with van der Waals surface area (Å²) in [6, 6.07) is 30.0. The first-order valence-electron chi connectivity index (χ1n) is 9.20. The second-order valence-electron chi connectivity index (χ2n) is 6.46. The lowest BCUT2D eigenvalue weighted by Gasteiger charge is -2.14. The first kappa shape index (κ1) is 20.8. The molecule has 0 spiro atoms. The summed E-state index contributed by atoms with van der Waals surface area (Å²) in [7, 11) is -7.85. The fraction of sp³-hybridized carbons (Fsp3) is 0. The second kappa shape index (κ2) is 8.37. The first-order valence-corrected chi connectivity index (χ1v) is 12.2. The molecular formula is C24H16O5S2. The minimum atomic E-state index is -3.93. The van der Waals surface area contributed by atoms with Gasteiger partial charge in [0, 0.05) is 12.1 Å². The van der Waals surface area contributed by atoms with Gasteiger partial charge in [0.25, 0.3) is 0 Å². The van der Waals surface area contributed by atoms with Crippen LogP contribution in [0, 0.1) is 12.1 Å². The van der Waals surface area contributed by atoms with Crippen molar-refractivity contribution < 1.29 is 21.6 Å². The van der Waals surface area contributed by atoms with Crippen molar-refractivity contribution in [1.82, 2.24) is 0 Å². The number of hydrogen-bond donors (Lipinski definition) is 0. The highest BCUT2D eigenvalue weighted by atomic mass is 32.2. The maximum atomic E-state index is 13.1. The zero-order valence-electron chi connectivity index (χ0n) is 16.1. The van der Waals surface area contributed by atoms with E-state index in [1.54, 1.807) is 48.5 Å². The van der Waals surface area contributed by atoms with Crippen LogP contribution in [0.1, 0.15) is 0 Å². The molecule has 7 heteroatoms. The van der Waals surface area contributed by atoms with Crippen LogP contribution in [0.4, 0.5) is 0 Å². The van der Waals surface area contributed by atoms with Crippen LogP contribution in [-0.2, 0) is 19.7 Å². The van der Waals surface area contributed by atoms with E-state index in [1.807, 2.05) is 0 Å². The summed E-state index contributed by atoms with van der Waals surface area (Å²) in [5.41, 5.74) is 0. The summed E-state index contributed by atoms with van der Waals surface area (Å²) in [6.45, 7) is 0. The van der Waals surface area contributed by atoms with Crippen molar-refractivity contribution >= 4 is 19.7 Å². The van der Waals surface area contributed by atoms with Gasteiger partial charge >= 0.3 is 0 Å². The van der Waals surface area contributed by atoms with E-state index in [1.165, 1.54) is 48.5 Å². The summed E-state index contributed by atoms with van der Waals surface area (Å²) in [6.07, 6.45) is 0. The molecule has 0 N–H and O–H groups in total. The number of para-hydroxylation sites is 2. The molecule has 0 saturated heterocycles. The Kier molecular flexibility index (Phi) is 5.63. The molecule has 0 fully saturated rings. The Morgan fingerprint density at radius 1 is 0.516 bits per heavy atom. The number of ether oxygens (including phenoxy) is 1. The number of hydrogen-bond acceptors (Lipinski definition) is 5. The van der Waals surface area contributed by atoms with E-state index in [-0.39, 0.29) is 31.1 Å². The topological polar surface area (TPSA) is 77.5 Å². The molecule has 5 nitrogen and oxygen atoms in total. The summed E-state index contributed by atoms with van der Waals surface area (Å²) in [5, 5.41) is 0. The standard InChI is InChI=1S/C24H16O5S2/c25-30(26,19-11-3-1-4-12-19)23-17-9-7-15-21(23)29-22-16-8-10-18-24(22)31(27,28)20-13-5-2-6-14-20/h1-11,13,15-18H. The molecule has 154 valence electrons. The lowest BCUT2D eigenvalue weighted by Crippen LogP contribution is -2.06. The Bertz CT molecular complexity index is 1300. The Morgan fingerprint density at radius 2 is 0.903 bits per heavy atom. The van der Waals surface area contributed by atoms with Gasteiger partial charge in [-0.15, -0.1) is 0 Å². The molecule has 0 aliphatic heterocycles. The van der Waals surface area contributed by atoms with Gasteiger partial charge in [0.05, 0.1) is 9.79 Å². The molecule has 2 radical (unpaired) electrons. The molecule has 0 saturated carbocycles. The van der Waals surface area contributed by atoms with Crippen molar-refractivity contribution in [3.8, 4) is 11.5 Å². The second-order valence-corrected chi connectivity index (χ2v) is 10.2. The van der Waals surface area contributed by atoms with Crippen molar-refractivity contribution in [2.75, 3.05) is 0 Å². The summed E-state index contributed by atoms with van der Waals surface area (Å²) in [5.74, 6) is 0.0267. The van der Waals surface area contributed by atoms with E-state index in [2.05, 4.69) is 12.1 Å². The van der Waals surface area contributed by atoms with Crippen LogP contribution in [-0.4, -0.2) is 16.8 Å². The zero-order chi connectivity index (χ0) is 21.9. The fourth-order valence-electron chi connectivity index (χ4n) is 2.96. The van der Waals surface area contributed by atoms with Gasteiger partial charge in [0.15, 0.2) is 0 Å². The van der Waals surface area contributed by atoms with Crippen LogP contribution in [0.2, 0.25) is 0 Å². The molecule has 4 rings (SSSR count). The summed E-state index contributed by atoms with van der Waals surface area (Å²) >= 11 is 0. The van der Waals surface area contributed by atoms with Gasteiger partial charge in [-0.2, -0.15) is 0 Å². The van der Waals surface area contributed by atoms with Gasteiger partial charge in [0.1, 0.15) is 21.3 Å². The normalized spacial score (nSPS) is 11.7. The highest BCUT2D eigenvalue weighted by Gasteiger charge is 2.26. The maximum absolute atomic E-state index is 13.1. The van der Waals surface area contributed by atoms with Gasteiger partial charge in [-0.05, 0) is 36.4 Å². The fourth-order valence-corrected chi connectivity index (χ4v) is 5.66. The Morgan fingerprint density at radius 3 is 1.29 bits per heavy atom. The lowest BCUT2D eigenvalue weighted by molar-refractivity contribution is 0.454. The predicted octanol–water partition coefficient (Wildman–Crippen LogP) is 4.74. The third-order valence-electron chi connectivity index (χ3n) is 4.44. The average Bonchev–Trinajstić information content (AvgIpc) is 2.81. The number of rotatable bonds is 6. The third kappa shape index (κ3) is 4.10. The molecule has 0 aromatic heterocycles. The molecule has 31 heavy (non-hydrogen) atoms. The number of benzene rings is 4. The van der Waals surface area contributed by atoms with E-state index in [4.69, 9.17) is 4.74 Å².